The van der Waals surface area contributed by atoms with E-state index < -0.39 is 0 Å². The maximum atomic E-state index is 13.6. The molecule has 1 N–H and O–H groups in total. The van der Waals surface area contributed by atoms with Crippen molar-refractivity contribution in [1.82, 2.24) is 10.2 Å². The summed E-state index contributed by atoms with van der Waals surface area (Å²) in [5, 5.41) is 4.19. The highest BCUT2D eigenvalue weighted by Crippen LogP contribution is 2.42. The van der Waals surface area contributed by atoms with Crippen LogP contribution in [0.2, 0.25) is 5.02 Å². The smallest absolute Gasteiger partial charge is 0.227 e. The van der Waals surface area contributed by atoms with Crippen molar-refractivity contribution in [1.29, 1.82) is 0 Å². The highest BCUT2D eigenvalue weighted by molar-refractivity contribution is 6.30. The summed E-state index contributed by atoms with van der Waals surface area (Å²) in [5.74, 6) is 3.67. The molecule has 1 saturated carbocycles. The summed E-state index contributed by atoms with van der Waals surface area (Å²) < 4.78 is 0. The summed E-state index contributed by atoms with van der Waals surface area (Å²) in [6.07, 6.45) is 7.99. The number of likely N-dealkylation sites (tertiary alicyclic amines) is 1. The zero-order valence-electron chi connectivity index (χ0n) is 21.3. The van der Waals surface area contributed by atoms with Gasteiger partial charge in [-0.05, 0) is 67.1 Å². The predicted molar refractivity (Wildman–Crippen MR) is 139 cm³/mol. The largest absolute Gasteiger partial charge is 0.342 e. The Hall–Kier alpha value is -1.39. The Balaban J connectivity index is 1.41. The van der Waals surface area contributed by atoms with Gasteiger partial charge in [0.2, 0.25) is 5.91 Å². The third kappa shape index (κ3) is 6.05. The van der Waals surface area contributed by atoms with E-state index in [0.29, 0.717) is 35.9 Å². The second-order valence-electron chi connectivity index (χ2n) is 11.6. The number of nitrogens with one attached hydrogen (secondary N) is 1. The zero-order valence-corrected chi connectivity index (χ0v) is 22.0. The standard InChI is InChI=1S/C29H43ClN2O2/c1-19(2)28(33)13-12-25(21-6-4-20(3)5-7-21)23-14-15-32(18-23)29(34)27-17-31-16-26(27)22-8-10-24(30)11-9-22/h8-11,19-21,23,25-27,31H,4-7,12-18H2,1-3H3/t20?,21?,23?,25-,26-,27?/m0/s1. The van der Waals surface area contributed by atoms with Crippen molar-refractivity contribution in [3.63, 3.8) is 0 Å². The normalized spacial score (nSPS) is 30.6. The van der Waals surface area contributed by atoms with Crippen LogP contribution in [0, 0.1) is 35.5 Å². The van der Waals surface area contributed by atoms with E-state index in [1.165, 1.54) is 31.2 Å². The lowest BCUT2D eigenvalue weighted by Crippen LogP contribution is -2.38. The van der Waals surface area contributed by atoms with Crippen LogP contribution < -0.4 is 5.32 Å². The lowest BCUT2D eigenvalue weighted by atomic mass is 9.69. The number of halogens is 1. The van der Waals surface area contributed by atoms with E-state index in [-0.39, 0.29) is 17.8 Å². The van der Waals surface area contributed by atoms with Crippen LogP contribution in [0.3, 0.4) is 0 Å². The molecular formula is C29H43ClN2O2. The van der Waals surface area contributed by atoms with E-state index in [1.54, 1.807) is 0 Å². The van der Waals surface area contributed by atoms with E-state index >= 15 is 0 Å². The van der Waals surface area contributed by atoms with Crippen molar-refractivity contribution >= 4 is 23.3 Å². The molecule has 4 atom stereocenters. The van der Waals surface area contributed by atoms with Gasteiger partial charge in [0.25, 0.3) is 0 Å². The van der Waals surface area contributed by atoms with Crippen LogP contribution in [0.5, 0.6) is 0 Å². The van der Waals surface area contributed by atoms with Gasteiger partial charge in [-0.15, -0.1) is 0 Å². The molecule has 0 radical (unpaired) electrons. The van der Waals surface area contributed by atoms with E-state index in [0.717, 1.165) is 50.0 Å². The lowest BCUT2D eigenvalue weighted by molar-refractivity contribution is -0.134. The van der Waals surface area contributed by atoms with Crippen molar-refractivity contribution in [3.8, 4) is 0 Å². The first kappa shape index (κ1) is 25.7. The molecule has 188 valence electrons. The molecule has 1 aromatic carbocycles. The molecule has 2 unspecified atom stereocenters. The van der Waals surface area contributed by atoms with Gasteiger partial charge >= 0.3 is 0 Å². The Morgan fingerprint density at radius 3 is 2.41 bits per heavy atom. The number of amides is 1. The summed E-state index contributed by atoms with van der Waals surface area (Å²) in [5.41, 5.74) is 1.20. The number of ketones is 1. The van der Waals surface area contributed by atoms with Crippen molar-refractivity contribution in [2.45, 2.75) is 71.6 Å². The van der Waals surface area contributed by atoms with Crippen LogP contribution in [-0.2, 0) is 9.59 Å². The number of hydrogen-bond acceptors (Lipinski definition) is 3. The van der Waals surface area contributed by atoms with Gasteiger partial charge in [-0.3, -0.25) is 9.59 Å². The van der Waals surface area contributed by atoms with Gasteiger partial charge in [0.1, 0.15) is 5.78 Å². The van der Waals surface area contributed by atoms with Gasteiger partial charge < -0.3 is 10.2 Å². The fraction of sp³-hybridized carbons (Fsp3) is 0.724. The fourth-order valence-electron chi connectivity index (χ4n) is 6.74. The number of nitrogens with zero attached hydrogens (tertiary/aromatic N) is 1. The SMILES string of the molecule is CC1CCC([C@H](CCC(=O)C(C)C)C2CCN(C(=O)C3CNC[C@H]3c3ccc(Cl)cc3)C2)CC1. The van der Waals surface area contributed by atoms with Crippen molar-refractivity contribution < 1.29 is 9.59 Å². The number of carbonyl (C=O) groups is 2. The average Bonchev–Trinajstić information content (AvgIpc) is 3.50. The minimum atomic E-state index is -0.00331. The van der Waals surface area contributed by atoms with Crippen LogP contribution in [0.1, 0.15) is 77.2 Å². The van der Waals surface area contributed by atoms with Crippen molar-refractivity contribution in [3.05, 3.63) is 34.9 Å². The molecule has 0 bridgehead atoms. The van der Waals surface area contributed by atoms with Crippen molar-refractivity contribution in [2.75, 3.05) is 26.2 Å². The molecule has 3 fully saturated rings. The van der Waals surface area contributed by atoms with Gasteiger partial charge in [0.05, 0.1) is 5.92 Å². The van der Waals surface area contributed by atoms with E-state index in [9.17, 15) is 9.59 Å². The first-order chi connectivity index (χ1) is 16.3. The molecule has 0 aromatic heterocycles. The van der Waals surface area contributed by atoms with Crippen LogP contribution in [0.4, 0.5) is 0 Å². The quantitative estimate of drug-likeness (QED) is 0.494. The first-order valence-electron chi connectivity index (χ1n) is 13.6. The van der Waals surface area contributed by atoms with E-state index in [1.807, 2.05) is 26.0 Å². The van der Waals surface area contributed by atoms with Crippen molar-refractivity contribution in [2.24, 2.45) is 35.5 Å². The summed E-state index contributed by atoms with van der Waals surface area (Å²) >= 11 is 6.09. The van der Waals surface area contributed by atoms with Gasteiger partial charge in [-0.25, -0.2) is 0 Å². The molecule has 34 heavy (non-hydrogen) atoms. The molecule has 1 amide bonds. The van der Waals surface area contributed by atoms with Gasteiger partial charge in [-0.2, -0.15) is 0 Å². The summed E-state index contributed by atoms with van der Waals surface area (Å²) in [7, 11) is 0. The third-order valence-electron chi connectivity index (χ3n) is 9.01. The predicted octanol–water partition coefficient (Wildman–Crippen LogP) is 5.94. The number of rotatable bonds is 8. The minimum absolute atomic E-state index is 0.00331. The lowest BCUT2D eigenvalue weighted by Gasteiger charge is -2.36. The molecule has 4 rings (SSSR count). The number of benzene rings is 1. The Kier molecular flexibility index (Phi) is 8.74. The Labute approximate surface area is 211 Å². The molecule has 4 nitrogen and oxygen atoms in total. The van der Waals surface area contributed by atoms with Crippen LogP contribution >= 0.6 is 11.6 Å². The molecule has 5 heteroatoms. The molecule has 2 saturated heterocycles. The van der Waals surface area contributed by atoms with Gasteiger partial charge in [-0.1, -0.05) is 57.3 Å². The monoisotopic (exact) mass is 486 g/mol. The number of Topliss-reactive ketones (excluding diaryl/α,β-unsaturated/α-hetero) is 1. The highest BCUT2D eigenvalue weighted by Gasteiger charge is 2.41. The van der Waals surface area contributed by atoms with Gasteiger partial charge in [0.15, 0.2) is 0 Å². The summed E-state index contributed by atoms with van der Waals surface area (Å²) in [6.45, 7) is 9.73. The minimum Gasteiger partial charge on any atom is -0.342 e. The Morgan fingerprint density at radius 1 is 1.03 bits per heavy atom. The van der Waals surface area contributed by atoms with Gasteiger partial charge in [0, 0.05) is 49.5 Å². The van der Waals surface area contributed by atoms with E-state index in [4.69, 9.17) is 11.6 Å². The molecule has 0 spiro atoms. The molecular weight excluding hydrogens is 444 g/mol. The fourth-order valence-corrected chi connectivity index (χ4v) is 6.86. The molecule has 1 aromatic rings. The zero-order chi connectivity index (χ0) is 24.2. The maximum Gasteiger partial charge on any atom is 0.227 e. The molecule has 3 aliphatic rings. The maximum absolute atomic E-state index is 13.6. The number of carbonyl (C=O) groups excluding carboxylic acids is 2. The molecule has 2 heterocycles. The molecule has 2 aliphatic heterocycles. The summed E-state index contributed by atoms with van der Waals surface area (Å²) in [6, 6.07) is 7.99. The number of hydrogen-bond donors (Lipinski definition) is 1. The highest BCUT2D eigenvalue weighted by atomic mass is 35.5. The Morgan fingerprint density at radius 2 is 1.74 bits per heavy atom. The third-order valence-corrected chi connectivity index (χ3v) is 9.26. The molecule has 1 aliphatic carbocycles. The summed E-state index contributed by atoms with van der Waals surface area (Å²) in [4.78, 5) is 28.2. The average molecular weight is 487 g/mol. The van der Waals surface area contributed by atoms with Crippen LogP contribution in [0.25, 0.3) is 0 Å². The second kappa shape index (κ2) is 11.6. The van der Waals surface area contributed by atoms with Crippen LogP contribution in [0.15, 0.2) is 24.3 Å². The van der Waals surface area contributed by atoms with E-state index in [2.05, 4.69) is 29.3 Å². The Bertz CT molecular complexity index is 831. The van der Waals surface area contributed by atoms with Crippen LogP contribution in [-0.4, -0.2) is 42.8 Å². The topological polar surface area (TPSA) is 49.4 Å². The second-order valence-corrected chi connectivity index (χ2v) is 12.0. The first-order valence-corrected chi connectivity index (χ1v) is 14.0.